The summed E-state index contributed by atoms with van der Waals surface area (Å²) in [5.74, 6) is 0.390. The van der Waals surface area contributed by atoms with Gasteiger partial charge in [0.15, 0.2) is 0 Å². The van der Waals surface area contributed by atoms with Crippen molar-refractivity contribution in [2.75, 3.05) is 20.7 Å². The Morgan fingerprint density at radius 3 is 2.57 bits per heavy atom. The van der Waals surface area contributed by atoms with Gasteiger partial charge in [-0.2, -0.15) is 0 Å². The van der Waals surface area contributed by atoms with E-state index in [1.54, 1.807) is 0 Å². The molecule has 2 aromatic rings. The minimum absolute atomic E-state index is 0.354. The predicted octanol–water partition coefficient (Wildman–Crippen LogP) is 3.55. The lowest BCUT2D eigenvalue weighted by molar-refractivity contribution is 0.0570. The van der Waals surface area contributed by atoms with Gasteiger partial charge in [-0.1, -0.05) is 36.4 Å². The van der Waals surface area contributed by atoms with Gasteiger partial charge in [0.05, 0.1) is 0 Å². The Balaban J connectivity index is 1.85. The number of fused-ring (bicyclic) bond motifs is 4. The van der Waals surface area contributed by atoms with Crippen molar-refractivity contribution in [3.8, 4) is 16.9 Å². The molecule has 0 aromatic heterocycles. The summed E-state index contributed by atoms with van der Waals surface area (Å²) in [6, 6.07) is 15.2. The summed E-state index contributed by atoms with van der Waals surface area (Å²) < 4.78 is 11.8. The minimum Gasteiger partial charge on any atom is -0.455 e. The highest BCUT2D eigenvalue weighted by molar-refractivity contribution is 5.77. The summed E-state index contributed by atoms with van der Waals surface area (Å²) >= 11 is 0. The van der Waals surface area contributed by atoms with E-state index >= 15 is 0 Å². The number of nitrogens with zero attached hydrogens (tertiary/aromatic N) is 1. The van der Waals surface area contributed by atoms with Crippen LogP contribution in [0.5, 0.6) is 5.75 Å². The first-order chi connectivity index (χ1) is 10.1. The first-order valence-corrected chi connectivity index (χ1v) is 7.34. The molecule has 1 fully saturated rings. The molecule has 2 aliphatic rings. The van der Waals surface area contributed by atoms with Gasteiger partial charge in [0.1, 0.15) is 12.4 Å². The maximum Gasteiger partial charge on any atom is 0.262 e. The zero-order valence-corrected chi connectivity index (χ0v) is 12.6. The van der Waals surface area contributed by atoms with E-state index in [4.69, 9.17) is 9.47 Å². The number of rotatable bonds is 2. The van der Waals surface area contributed by atoms with Gasteiger partial charge in [-0.15, -0.1) is 0 Å². The van der Waals surface area contributed by atoms with Crippen LogP contribution < -0.4 is 4.74 Å². The van der Waals surface area contributed by atoms with E-state index in [2.05, 4.69) is 62.3 Å². The van der Waals surface area contributed by atoms with Gasteiger partial charge < -0.3 is 14.4 Å². The van der Waals surface area contributed by atoms with Gasteiger partial charge in [-0.25, -0.2) is 0 Å². The van der Waals surface area contributed by atoms with E-state index in [1.807, 2.05) is 6.07 Å². The highest BCUT2D eigenvalue weighted by Gasteiger charge is 2.53. The van der Waals surface area contributed by atoms with Gasteiger partial charge in [-0.05, 0) is 38.2 Å². The molecular formula is C18H19NO2. The van der Waals surface area contributed by atoms with E-state index in [9.17, 15) is 0 Å². The molecule has 1 saturated heterocycles. The molecule has 0 bridgehead atoms. The van der Waals surface area contributed by atoms with Crippen LogP contribution in [0.4, 0.5) is 0 Å². The second-order valence-electron chi connectivity index (χ2n) is 6.08. The van der Waals surface area contributed by atoms with Crippen molar-refractivity contribution in [2.45, 2.75) is 18.8 Å². The molecule has 4 rings (SSSR count). The summed E-state index contributed by atoms with van der Waals surface area (Å²) in [7, 11) is 4.18. The Morgan fingerprint density at radius 1 is 1.10 bits per heavy atom. The molecule has 108 valence electrons. The van der Waals surface area contributed by atoms with Crippen molar-refractivity contribution in [1.82, 2.24) is 4.90 Å². The van der Waals surface area contributed by atoms with Crippen LogP contribution in [0.15, 0.2) is 42.5 Å². The van der Waals surface area contributed by atoms with Crippen molar-refractivity contribution in [3.05, 3.63) is 53.6 Å². The predicted molar refractivity (Wildman–Crippen MR) is 82.2 cm³/mol. The maximum atomic E-state index is 6.19. The second kappa shape index (κ2) is 4.33. The van der Waals surface area contributed by atoms with Crippen LogP contribution in [-0.4, -0.2) is 25.6 Å². The van der Waals surface area contributed by atoms with Crippen molar-refractivity contribution in [1.29, 1.82) is 0 Å². The molecule has 0 saturated carbocycles. The summed E-state index contributed by atoms with van der Waals surface area (Å²) in [6.45, 7) is 2.83. The number of hydrogen-bond acceptors (Lipinski definition) is 3. The van der Waals surface area contributed by atoms with Gasteiger partial charge >= 0.3 is 0 Å². The topological polar surface area (TPSA) is 25.0 Å². The molecule has 3 nitrogen and oxygen atoms in total. The standard InChI is InChI=1S/C18H19NO2/c1-12(19(2)3)13-8-9-15-14-6-4-5-7-16(14)18(11-20-18)21-17(15)10-13/h4-10,12H,11H2,1-3H3. The van der Waals surface area contributed by atoms with Crippen molar-refractivity contribution >= 4 is 0 Å². The van der Waals surface area contributed by atoms with Crippen LogP contribution in [0.2, 0.25) is 0 Å². The van der Waals surface area contributed by atoms with E-state index < -0.39 is 5.79 Å². The molecule has 0 amide bonds. The Labute approximate surface area is 125 Å². The molecule has 21 heavy (non-hydrogen) atoms. The number of ether oxygens (including phenoxy) is 2. The molecule has 3 heteroatoms. The highest BCUT2D eigenvalue weighted by Crippen LogP contribution is 2.52. The third-order valence-electron chi connectivity index (χ3n) is 4.57. The maximum absolute atomic E-state index is 6.19. The largest absolute Gasteiger partial charge is 0.455 e. The van der Waals surface area contributed by atoms with Crippen LogP contribution in [0, 0.1) is 0 Å². The van der Waals surface area contributed by atoms with Crippen molar-refractivity contribution < 1.29 is 9.47 Å². The average molecular weight is 281 g/mol. The molecule has 2 heterocycles. The van der Waals surface area contributed by atoms with Gasteiger partial charge in [-0.3, -0.25) is 0 Å². The monoisotopic (exact) mass is 281 g/mol. The fraction of sp³-hybridized carbons (Fsp3) is 0.333. The lowest BCUT2D eigenvalue weighted by Gasteiger charge is -2.28. The molecule has 2 atom stereocenters. The molecule has 2 aliphatic heterocycles. The molecule has 0 radical (unpaired) electrons. The zero-order valence-electron chi connectivity index (χ0n) is 12.6. The minimum atomic E-state index is -0.538. The van der Waals surface area contributed by atoms with E-state index in [1.165, 1.54) is 11.1 Å². The molecule has 1 spiro atoms. The lowest BCUT2D eigenvalue weighted by atomic mass is 9.91. The van der Waals surface area contributed by atoms with E-state index in [0.29, 0.717) is 12.6 Å². The first-order valence-electron chi connectivity index (χ1n) is 7.34. The molecule has 0 N–H and O–H groups in total. The smallest absolute Gasteiger partial charge is 0.262 e. The molecule has 2 aromatic carbocycles. The number of epoxide rings is 1. The first kappa shape index (κ1) is 12.9. The Morgan fingerprint density at radius 2 is 1.86 bits per heavy atom. The van der Waals surface area contributed by atoms with Gasteiger partial charge in [0, 0.05) is 17.2 Å². The van der Waals surface area contributed by atoms with Crippen LogP contribution in [0.25, 0.3) is 11.1 Å². The van der Waals surface area contributed by atoms with Gasteiger partial charge in [0.25, 0.3) is 5.79 Å². The van der Waals surface area contributed by atoms with E-state index in [-0.39, 0.29) is 0 Å². The number of hydrogen-bond donors (Lipinski definition) is 0. The van der Waals surface area contributed by atoms with Gasteiger partial charge in [0.2, 0.25) is 0 Å². The SMILES string of the molecule is CC(c1ccc2c(c1)OC1(CO1)c1ccccc1-2)N(C)C. The zero-order chi connectivity index (χ0) is 14.6. The summed E-state index contributed by atoms with van der Waals surface area (Å²) in [6.07, 6.45) is 0. The quantitative estimate of drug-likeness (QED) is 0.787. The number of benzene rings is 2. The van der Waals surface area contributed by atoms with Crippen molar-refractivity contribution in [2.24, 2.45) is 0 Å². The third kappa shape index (κ3) is 1.88. The molecular weight excluding hydrogens is 262 g/mol. The Kier molecular flexibility index (Phi) is 2.65. The Bertz CT molecular complexity index is 704. The fourth-order valence-corrected chi connectivity index (χ4v) is 2.97. The average Bonchev–Trinajstić information content (AvgIpc) is 3.26. The van der Waals surface area contributed by atoms with Crippen molar-refractivity contribution in [3.63, 3.8) is 0 Å². The molecule has 0 aliphatic carbocycles. The van der Waals surface area contributed by atoms with Crippen LogP contribution in [-0.2, 0) is 10.5 Å². The van der Waals surface area contributed by atoms with Crippen LogP contribution in [0.3, 0.4) is 0 Å². The van der Waals surface area contributed by atoms with Crippen LogP contribution in [0.1, 0.15) is 24.1 Å². The summed E-state index contributed by atoms with van der Waals surface area (Å²) in [5, 5.41) is 0. The lowest BCUT2D eigenvalue weighted by Crippen LogP contribution is -2.23. The van der Waals surface area contributed by atoms with E-state index in [0.717, 1.165) is 16.9 Å². The normalized spacial score (nSPS) is 23.4. The third-order valence-corrected chi connectivity index (χ3v) is 4.57. The summed E-state index contributed by atoms with van der Waals surface area (Å²) in [4.78, 5) is 2.20. The van der Waals surface area contributed by atoms with Crippen LogP contribution >= 0.6 is 0 Å². The Hall–Kier alpha value is -1.84. The fourth-order valence-electron chi connectivity index (χ4n) is 2.97. The molecule has 2 unspecified atom stereocenters. The summed E-state index contributed by atoms with van der Waals surface area (Å²) in [5.41, 5.74) is 4.78. The second-order valence-corrected chi connectivity index (χ2v) is 6.08. The highest BCUT2D eigenvalue weighted by atomic mass is 16.8.